The molecule has 0 bridgehead atoms. The first kappa shape index (κ1) is 18.8. The number of hydrogen-bond acceptors (Lipinski definition) is 7. The van der Waals surface area contributed by atoms with Gasteiger partial charge in [0.25, 0.3) is 0 Å². The fourth-order valence-electron chi connectivity index (χ4n) is 3.18. The number of nitrogens with one attached hydrogen (secondary N) is 2. The van der Waals surface area contributed by atoms with E-state index in [0.717, 1.165) is 21.6 Å². The number of thiophene rings is 1. The normalized spacial score (nSPS) is 23.3. The van der Waals surface area contributed by atoms with Crippen molar-refractivity contribution in [3.8, 4) is 22.5 Å². The number of pyridine rings is 1. The second-order valence-electron chi connectivity index (χ2n) is 7.63. The largest absolute Gasteiger partial charge is 0.443 e. The highest BCUT2D eigenvalue weighted by molar-refractivity contribution is 7.93. The Morgan fingerprint density at radius 2 is 1.86 bits per heavy atom. The first-order valence-electron chi connectivity index (χ1n) is 8.65. The van der Waals surface area contributed by atoms with Crippen LogP contribution >= 0.6 is 11.3 Å². The number of hydrogen-bond donors (Lipinski definition) is 2. The minimum atomic E-state index is -3.47. The van der Waals surface area contributed by atoms with Crippen LogP contribution in [0.4, 0.5) is 0 Å². The number of amidine groups is 1. The third kappa shape index (κ3) is 2.94. The maximum absolute atomic E-state index is 12.8. The lowest BCUT2D eigenvalue weighted by Crippen LogP contribution is -2.63. The molecule has 1 aliphatic heterocycles. The Morgan fingerprint density at radius 1 is 1.11 bits per heavy atom. The summed E-state index contributed by atoms with van der Waals surface area (Å²) in [6, 6.07) is 3.91. The molecule has 2 N–H and O–H groups in total. The minimum Gasteiger partial charge on any atom is -0.443 e. The van der Waals surface area contributed by atoms with Crippen molar-refractivity contribution in [1.82, 2.24) is 15.3 Å². The molecule has 1 atom stereocenters. The van der Waals surface area contributed by atoms with Crippen LogP contribution < -0.4 is 5.32 Å². The predicted octanol–water partition coefficient (Wildman–Crippen LogP) is 3.45. The summed E-state index contributed by atoms with van der Waals surface area (Å²) in [5.74, 6) is 0.587. The Kier molecular flexibility index (Phi) is 4.20. The lowest BCUT2D eigenvalue weighted by Gasteiger charge is -2.42. The molecule has 0 amide bonds. The van der Waals surface area contributed by atoms with Crippen LogP contribution in [-0.4, -0.2) is 34.7 Å². The van der Waals surface area contributed by atoms with Gasteiger partial charge in [-0.25, -0.2) is 13.4 Å². The summed E-state index contributed by atoms with van der Waals surface area (Å²) in [5.41, 5.74) is 1.81. The molecular weight excluding hydrogens is 396 g/mol. The first-order chi connectivity index (χ1) is 13.1. The monoisotopic (exact) mass is 416 g/mol. The van der Waals surface area contributed by atoms with Crippen LogP contribution in [0.2, 0.25) is 0 Å². The highest BCUT2D eigenvalue weighted by Gasteiger charge is 2.50. The summed E-state index contributed by atoms with van der Waals surface area (Å²) in [7, 11) is -3.47. The van der Waals surface area contributed by atoms with Crippen molar-refractivity contribution < 1.29 is 12.8 Å². The summed E-state index contributed by atoms with van der Waals surface area (Å²) in [6.07, 6.45) is 6.46. The van der Waals surface area contributed by atoms with Gasteiger partial charge in [0.15, 0.2) is 22.0 Å². The van der Waals surface area contributed by atoms with Gasteiger partial charge in [-0.1, -0.05) is 0 Å². The lowest BCUT2D eigenvalue weighted by atomic mass is 9.98. The fraction of sp³-hybridized carbons (Fsp3) is 0.316. The van der Waals surface area contributed by atoms with Crippen LogP contribution in [0.1, 0.15) is 25.6 Å². The third-order valence-corrected chi connectivity index (χ3v) is 9.10. The highest BCUT2D eigenvalue weighted by Crippen LogP contribution is 2.38. The van der Waals surface area contributed by atoms with Crippen LogP contribution in [0.3, 0.4) is 0 Å². The van der Waals surface area contributed by atoms with Crippen molar-refractivity contribution >= 4 is 27.0 Å². The van der Waals surface area contributed by atoms with Crippen LogP contribution in [0, 0.1) is 5.41 Å². The van der Waals surface area contributed by atoms with Crippen LogP contribution in [0.15, 0.2) is 46.9 Å². The van der Waals surface area contributed by atoms with Gasteiger partial charge in [0.1, 0.15) is 10.6 Å². The molecular formula is C19H20N4O3S2. The zero-order valence-corrected chi connectivity index (χ0v) is 17.3. The van der Waals surface area contributed by atoms with E-state index in [-0.39, 0.29) is 11.6 Å². The molecule has 4 heterocycles. The average Bonchev–Trinajstić information content (AvgIpc) is 3.32. The topological polar surface area (TPSA) is 109 Å². The molecule has 0 saturated carbocycles. The van der Waals surface area contributed by atoms with E-state index in [2.05, 4.69) is 15.3 Å². The number of aromatic nitrogens is 2. The molecule has 1 aliphatic rings. The molecule has 1 fully saturated rings. The summed E-state index contributed by atoms with van der Waals surface area (Å²) in [5, 5.41) is 13.3. The van der Waals surface area contributed by atoms with Crippen LogP contribution in [0.5, 0.6) is 0 Å². The Balaban J connectivity index is 1.69. The van der Waals surface area contributed by atoms with Gasteiger partial charge in [-0.15, -0.1) is 11.3 Å². The van der Waals surface area contributed by atoms with E-state index in [9.17, 15) is 8.42 Å². The fourth-order valence-corrected chi connectivity index (χ4v) is 6.02. The smallest absolute Gasteiger partial charge is 0.181 e. The molecule has 3 aromatic rings. The summed E-state index contributed by atoms with van der Waals surface area (Å²) in [4.78, 5) is 9.07. The van der Waals surface area contributed by atoms with Gasteiger partial charge < -0.3 is 9.73 Å². The maximum atomic E-state index is 12.8. The molecule has 0 aromatic carbocycles. The maximum Gasteiger partial charge on any atom is 0.181 e. The van der Waals surface area contributed by atoms with Crippen molar-refractivity contribution in [1.29, 1.82) is 5.41 Å². The predicted molar refractivity (Wildman–Crippen MR) is 109 cm³/mol. The van der Waals surface area contributed by atoms with Gasteiger partial charge in [-0.2, -0.15) is 0 Å². The van der Waals surface area contributed by atoms with Crippen molar-refractivity contribution in [2.45, 2.75) is 31.1 Å². The van der Waals surface area contributed by atoms with Gasteiger partial charge in [-0.3, -0.25) is 10.4 Å². The van der Waals surface area contributed by atoms with E-state index in [4.69, 9.17) is 9.83 Å². The van der Waals surface area contributed by atoms with Crippen molar-refractivity contribution in [3.63, 3.8) is 0 Å². The van der Waals surface area contributed by atoms with E-state index in [0.29, 0.717) is 5.76 Å². The Labute approximate surface area is 167 Å². The molecule has 0 radical (unpaired) electrons. The minimum absolute atomic E-state index is 0.0187. The number of rotatable bonds is 3. The van der Waals surface area contributed by atoms with E-state index in [1.54, 1.807) is 32.4 Å². The average molecular weight is 417 g/mol. The van der Waals surface area contributed by atoms with Gasteiger partial charge >= 0.3 is 0 Å². The summed E-state index contributed by atoms with van der Waals surface area (Å²) < 4.78 is 29.6. The number of sulfone groups is 1. The first-order valence-corrected chi connectivity index (χ1v) is 11.2. The molecule has 28 heavy (non-hydrogen) atoms. The zero-order chi connectivity index (χ0) is 20.2. The summed E-state index contributed by atoms with van der Waals surface area (Å²) in [6.45, 7) is 4.96. The Bertz CT molecular complexity index is 1150. The van der Waals surface area contributed by atoms with Gasteiger partial charge in [-0.05, 0) is 43.8 Å². The number of nitrogens with zero attached hydrogens (tertiary/aromatic N) is 2. The second kappa shape index (κ2) is 6.25. The molecule has 0 unspecified atom stereocenters. The molecule has 1 saturated heterocycles. The quantitative estimate of drug-likeness (QED) is 0.677. The van der Waals surface area contributed by atoms with Gasteiger partial charge in [0, 0.05) is 28.4 Å². The molecule has 7 nitrogen and oxygen atoms in total. The highest BCUT2D eigenvalue weighted by atomic mass is 32.2. The standard InChI is InChI=1S/C19H20N4O3S2/c1-18(2)17(20)23-19(3,10-28(18,24)25)16-5-14(9-27-16)12-4-13(7-21-6-12)15-8-22-11-26-15/h4-9,11H,10H2,1-3H3,(H2,20,23)/t19-/m0/s1. The molecule has 146 valence electrons. The van der Waals surface area contributed by atoms with Crippen LogP contribution in [0.25, 0.3) is 22.5 Å². The van der Waals surface area contributed by atoms with Gasteiger partial charge in [0.2, 0.25) is 0 Å². The third-order valence-electron chi connectivity index (χ3n) is 5.19. The van der Waals surface area contributed by atoms with Crippen molar-refractivity contribution in [2.24, 2.45) is 0 Å². The Morgan fingerprint density at radius 3 is 2.54 bits per heavy atom. The van der Waals surface area contributed by atoms with Crippen LogP contribution in [-0.2, 0) is 15.4 Å². The van der Waals surface area contributed by atoms with E-state index in [1.165, 1.54) is 17.7 Å². The molecule has 9 heteroatoms. The summed E-state index contributed by atoms with van der Waals surface area (Å²) >= 11 is 1.47. The van der Waals surface area contributed by atoms with Crippen molar-refractivity contribution in [3.05, 3.63) is 47.4 Å². The van der Waals surface area contributed by atoms with E-state index in [1.807, 2.05) is 24.4 Å². The SMILES string of the molecule is CC1(C)C(=N)N[C@](C)(c2cc(-c3cncc(-c4cnco4)c3)cs2)CS1(=O)=O. The lowest BCUT2D eigenvalue weighted by molar-refractivity contribution is 0.450. The number of oxazole rings is 1. The van der Waals surface area contributed by atoms with Crippen molar-refractivity contribution in [2.75, 3.05) is 5.75 Å². The molecule has 0 aliphatic carbocycles. The molecule has 4 rings (SSSR count). The zero-order valence-electron chi connectivity index (χ0n) is 15.7. The molecule has 0 spiro atoms. The molecule has 3 aromatic heterocycles. The van der Waals surface area contributed by atoms with Gasteiger partial charge in [0.05, 0.1) is 17.5 Å². The van der Waals surface area contributed by atoms with E-state index >= 15 is 0 Å². The van der Waals surface area contributed by atoms with E-state index < -0.39 is 20.1 Å². The second-order valence-corrected chi connectivity index (χ2v) is 11.1. The Hall–Kier alpha value is -2.52.